The summed E-state index contributed by atoms with van der Waals surface area (Å²) < 4.78 is 5.27. The van der Waals surface area contributed by atoms with E-state index in [-0.39, 0.29) is 0 Å². The fourth-order valence-electron chi connectivity index (χ4n) is 2.17. The van der Waals surface area contributed by atoms with E-state index in [1.165, 1.54) is 0 Å². The van der Waals surface area contributed by atoms with E-state index in [1.807, 2.05) is 19.1 Å². The van der Waals surface area contributed by atoms with Gasteiger partial charge in [0.1, 0.15) is 11.8 Å². The molecule has 0 amide bonds. The third-order valence-electron chi connectivity index (χ3n) is 3.12. The van der Waals surface area contributed by atoms with Crippen LogP contribution in [0.15, 0.2) is 18.3 Å². The van der Waals surface area contributed by atoms with Crippen LogP contribution < -0.4 is 10.5 Å². The van der Waals surface area contributed by atoms with E-state index in [2.05, 4.69) is 4.98 Å². The maximum Gasteiger partial charge on any atom is 0.320 e. The number of fused-ring (bicyclic) bond motifs is 1. The van der Waals surface area contributed by atoms with E-state index in [0.29, 0.717) is 6.42 Å². The van der Waals surface area contributed by atoms with Crippen molar-refractivity contribution in [3.63, 3.8) is 0 Å². The van der Waals surface area contributed by atoms with Crippen molar-refractivity contribution in [2.24, 2.45) is 5.73 Å². The highest BCUT2D eigenvalue weighted by Crippen LogP contribution is 2.29. The van der Waals surface area contributed by atoms with Gasteiger partial charge in [0.05, 0.1) is 7.11 Å². The van der Waals surface area contributed by atoms with Gasteiger partial charge in [-0.15, -0.1) is 0 Å². The van der Waals surface area contributed by atoms with Gasteiger partial charge in [-0.25, -0.2) is 0 Å². The maximum atomic E-state index is 10.8. The summed E-state index contributed by atoms with van der Waals surface area (Å²) in [5.74, 6) is -0.211. The molecule has 0 aliphatic rings. The number of aromatic nitrogens is 1. The summed E-state index contributed by atoms with van der Waals surface area (Å²) in [6, 6.07) is 2.90. The molecule has 1 heterocycles. The van der Waals surface area contributed by atoms with E-state index in [0.717, 1.165) is 27.8 Å². The first-order valence-electron chi connectivity index (χ1n) is 5.66. The first kappa shape index (κ1) is 12.4. The number of carbonyl (C=O) groups is 1. The Labute approximate surface area is 105 Å². The van der Waals surface area contributed by atoms with Crippen molar-refractivity contribution in [3.05, 3.63) is 29.5 Å². The van der Waals surface area contributed by atoms with E-state index < -0.39 is 12.0 Å². The van der Waals surface area contributed by atoms with Crippen LogP contribution in [0.4, 0.5) is 0 Å². The summed E-state index contributed by atoms with van der Waals surface area (Å²) in [5, 5.41) is 9.85. The zero-order chi connectivity index (χ0) is 13.3. The monoisotopic (exact) mass is 248 g/mol. The Morgan fingerprint density at radius 3 is 2.89 bits per heavy atom. The first-order chi connectivity index (χ1) is 8.54. The van der Waals surface area contributed by atoms with Gasteiger partial charge in [0.2, 0.25) is 0 Å². The molecule has 5 nitrogen and oxygen atoms in total. The Morgan fingerprint density at radius 2 is 2.28 bits per heavy atom. The predicted molar refractivity (Wildman–Crippen MR) is 68.9 cm³/mol. The van der Waals surface area contributed by atoms with Crippen molar-refractivity contribution >= 4 is 16.9 Å². The second-order valence-corrected chi connectivity index (χ2v) is 4.28. The van der Waals surface area contributed by atoms with E-state index in [1.54, 1.807) is 13.3 Å². The Bertz CT molecular complexity index is 589. The number of methoxy groups -OCH3 is 1. The summed E-state index contributed by atoms with van der Waals surface area (Å²) in [5.41, 5.74) is 8.42. The molecule has 0 spiro atoms. The SMILES string of the molecule is COc1ccc2[nH]cc(CC(N)C(=O)O)c2c1C. The molecule has 1 aromatic heterocycles. The molecule has 1 atom stereocenters. The van der Waals surface area contributed by atoms with Crippen LogP contribution in [0.2, 0.25) is 0 Å². The summed E-state index contributed by atoms with van der Waals surface area (Å²) >= 11 is 0. The summed E-state index contributed by atoms with van der Waals surface area (Å²) in [7, 11) is 1.61. The molecule has 2 aromatic rings. The van der Waals surface area contributed by atoms with Crippen LogP contribution in [0.3, 0.4) is 0 Å². The average Bonchev–Trinajstić information content (AvgIpc) is 2.73. The van der Waals surface area contributed by atoms with Crippen molar-refractivity contribution in [3.8, 4) is 5.75 Å². The minimum absolute atomic E-state index is 0.295. The third-order valence-corrected chi connectivity index (χ3v) is 3.12. The normalized spacial score (nSPS) is 12.6. The van der Waals surface area contributed by atoms with Crippen molar-refractivity contribution < 1.29 is 14.6 Å². The van der Waals surface area contributed by atoms with Crippen molar-refractivity contribution in [2.45, 2.75) is 19.4 Å². The van der Waals surface area contributed by atoms with Gasteiger partial charge in [-0.1, -0.05) is 0 Å². The lowest BCUT2D eigenvalue weighted by molar-refractivity contribution is -0.138. The van der Waals surface area contributed by atoms with Crippen LogP contribution in [-0.4, -0.2) is 29.2 Å². The Hall–Kier alpha value is -2.01. The lowest BCUT2D eigenvalue weighted by Gasteiger charge is -2.09. The van der Waals surface area contributed by atoms with Gasteiger partial charge < -0.3 is 20.6 Å². The number of hydrogen-bond donors (Lipinski definition) is 3. The number of nitrogens with one attached hydrogen (secondary N) is 1. The van der Waals surface area contributed by atoms with Gasteiger partial charge in [-0.2, -0.15) is 0 Å². The number of rotatable bonds is 4. The molecule has 0 aliphatic heterocycles. The molecule has 1 unspecified atom stereocenters. The molecular formula is C13H16N2O3. The second-order valence-electron chi connectivity index (χ2n) is 4.28. The smallest absolute Gasteiger partial charge is 0.320 e. The number of hydrogen-bond acceptors (Lipinski definition) is 3. The quantitative estimate of drug-likeness (QED) is 0.763. The molecule has 0 radical (unpaired) electrons. The summed E-state index contributed by atoms with van der Waals surface area (Å²) in [6.45, 7) is 1.95. The number of ether oxygens (including phenoxy) is 1. The van der Waals surface area contributed by atoms with Crippen molar-refractivity contribution in [1.82, 2.24) is 4.98 Å². The third kappa shape index (κ3) is 2.04. The van der Waals surface area contributed by atoms with Crippen LogP contribution in [0.25, 0.3) is 10.9 Å². The number of aryl methyl sites for hydroxylation is 1. The van der Waals surface area contributed by atoms with Gasteiger partial charge in [-0.3, -0.25) is 4.79 Å². The standard InChI is InChI=1S/C13H16N2O3/c1-7-11(18-2)4-3-10-12(7)8(6-15-10)5-9(14)13(16)17/h3-4,6,9,15H,5,14H2,1-2H3,(H,16,17). The highest BCUT2D eigenvalue weighted by Gasteiger charge is 2.16. The molecule has 96 valence electrons. The first-order valence-corrected chi connectivity index (χ1v) is 5.66. The Morgan fingerprint density at radius 1 is 1.56 bits per heavy atom. The topological polar surface area (TPSA) is 88.3 Å². The number of H-pyrrole nitrogens is 1. The minimum atomic E-state index is -0.995. The predicted octanol–water partition coefficient (Wildman–Crippen LogP) is 1.44. The Kier molecular flexibility index (Phi) is 3.25. The molecule has 0 saturated heterocycles. The number of carboxylic acid groups (broad SMARTS) is 1. The lowest BCUT2D eigenvalue weighted by Crippen LogP contribution is -2.32. The van der Waals surface area contributed by atoms with Crippen molar-refractivity contribution in [2.75, 3.05) is 7.11 Å². The average molecular weight is 248 g/mol. The molecule has 0 bridgehead atoms. The zero-order valence-electron chi connectivity index (χ0n) is 10.4. The van der Waals surface area contributed by atoms with Gasteiger partial charge in [-0.05, 0) is 24.6 Å². The lowest BCUT2D eigenvalue weighted by atomic mass is 10.0. The number of nitrogens with two attached hydrogens (primary N) is 1. The number of carboxylic acids is 1. The molecule has 1 aromatic carbocycles. The summed E-state index contributed by atoms with van der Waals surface area (Å²) in [6.07, 6.45) is 2.10. The zero-order valence-corrected chi connectivity index (χ0v) is 10.4. The molecule has 18 heavy (non-hydrogen) atoms. The van der Waals surface area contributed by atoms with Gasteiger partial charge in [0.25, 0.3) is 0 Å². The maximum absolute atomic E-state index is 10.8. The van der Waals surface area contributed by atoms with Crippen LogP contribution in [-0.2, 0) is 11.2 Å². The highest BCUT2D eigenvalue weighted by atomic mass is 16.5. The van der Waals surface area contributed by atoms with E-state index in [9.17, 15) is 4.79 Å². The fourth-order valence-corrected chi connectivity index (χ4v) is 2.17. The molecule has 0 saturated carbocycles. The minimum Gasteiger partial charge on any atom is -0.496 e. The van der Waals surface area contributed by atoms with Crippen LogP contribution in [0.5, 0.6) is 5.75 Å². The molecule has 5 heteroatoms. The van der Waals surface area contributed by atoms with Crippen LogP contribution >= 0.6 is 0 Å². The molecule has 0 aliphatic carbocycles. The highest BCUT2D eigenvalue weighted by molar-refractivity contribution is 5.89. The molecule has 2 rings (SSSR count). The summed E-state index contributed by atoms with van der Waals surface area (Å²) in [4.78, 5) is 13.9. The van der Waals surface area contributed by atoms with Gasteiger partial charge in [0, 0.05) is 29.1 Å². The Balaban J connectivity index is 2.49. The number of aromatic amines is 1. The number of benzene rings is 1. The van der Waals surface area contributed by atoms with Crippen molar-refractivity contribution in [1.29, 1.82) is 0 Å². The van der Waals surface area contributed by atoms with Crippen LogP contribution in [0.1, 0.15) is 11.1 Å². The largest absolute Gasteiger partial charge is 0.496 e. The van der Waals surface area contributed by atoms with Gasteiger partial charge >= 0.3 is 5.97 Å². The van der Waals surface area contributed by atoms with Crippen LogP contribution in [0, 0.1) is 6.92 Å². The number of aliphatic carboxylic acids is 1. The fraction of sp³-hybridized carbons (Fsp3) is 0.308. The second kappa shape index (κ2) is 4.70. The van der Waals surface area contributed by atoms with E-state index in [4.69, 9.17) is 15.6 Å². The molecule has 4 N–H and O–H groups in total. The molecule has 0 fully saturated rings. The molecular weight excluding hydrogens is 232 g/mol. The van der Waals surface area contributed by atoms with E-state index >= 15 is 0 Å². The van der Waals surface area contributed by atoms with Gasteiger partial charge in [0.15, 0.2) is 0 Å².